The van der Waals surface area contributed by atoms with Gasteiger partial charge in [0.05, 0.1) is 13.7 Å². The highest BCUT2D eigenvalue weighted by atomic mass is 35.5. The SMILES string of the molecule is COC(=O)Cn1c(C)c(-c2ccc(=O)n(Cc3ccc(F)cc3F)c2)c2cc(Cl)ccc21. The van der Waals surface area contributed by atoms with Gasteiger partial charge in [-0.3, -0.25) is 9.59 Å². The van der Waals surface area contributed by atoms with Gasteiger partial charge in [0.2, 0.25) is 0 Å². The van der Waals surface area contributed by atoms with E-state index < -0.39 is 17.6 Å². The molecule has 0 fully saturated rings. The molecule has 164 valence electrons. The highest BCUT2D eigenvalue weighted by molar-refractivity contribution is 6.31. The highest BCUT2D eigenvalue weighted by Crippen LogP contribution is 2.36. The third-order valence-corrected chi connectivity index (χ3v) is 5.66. The molecule has 4 aromatic rings. The Hall–Kier alpha value is -3.45. The molecule has 0 N–H and O–H groups in total. The fraction of sp³-hybridized carbons (Fsp3) is 0.167. The first-order valence-corrected chi connectivity index (χ1v) is 10.2. The number of rotatable bonds is 5. The molecule has 0 aliphatic heterocycles. The molecule has 0 aliphatic rings. The zero-order chi connectivity index (χ0) is 23.0. The summed E-state index contributed by atoms with van der Waals surface area (Å²) in [6.07, 6.45) is 1.62. The first kappa shape index (κ1) is 21.8. The molecule has 0 unspecified atom stereocenters. The molecule has 2 aromatic carbocycles. The molecule has 0 atom stereocenters. The summed E-state index contributed by atoms with van der Waals surface area (Å²) in [6.45, 7) is 1.82. The third kappa shape index (κ3) is 4.03. The van der Waals surface area contributed by atoms with Gasteiger partial charge >= 0.3 is 5.97 Å². The van der Waals surface area contributed by atoms with Crippen LogP contribution in [0.5, 0.6) is 0 Å². The van der Waals surface area contributed by atoms with E-state index in [2.05, 4.69) is 0 Å². The second kappa shape index (κ2) is 8.59. The zero-order valence-electron chi connectivity index (χ0n) is 17.4. The van der Waals surface area contributed by atoms with Gasteiger partial charge < -0.3 is 13.9 Å². The van der Waals surface area contributed by atoms with E-state index in [1.165, 1.54) is 23.8 Å². The number of hydrogen-bond acceptors (Lipinski definition) is 3. The van der Waals surface area contributed by atoms with Crippen LogP contribution in [0.25, 0.3) is 22.0 Å². The van der Waals surface area contributed by atoms with Gasteiger partial charge in [-0.25, -0.2) is 8.78 Å². The second-order valence-corrected chi connectivity index (χ2v) is 7.84. The van der Waals surface area contributed by atoms with Crippen LogP contribution in [0, 0.1) is 18.6 Å². The molecule has 0 radical (unpaired) electrons. The van der Waals surface area contributed by atoms with Crippen molar-refractivity contribution >= 4 is 28.5 Å². The maximum Gasteiger partial charge on any atom is 0.325 e. The van der Waals surface area contributed by atoms with E-state index in [1.807, 2.05) is 17.6 Å². The first-order chi connectivity index (χ1) is 15.3. The molecule has 2 aromatic heterocycles. The van der Waals surface area contributed by atoms with Crippen LogP contribution in [0.1, 0.15) is 11.3 Å². The van der Waals surface area contributed by atoms with Gasteiger partial charge in [0, 0.05) is 56.6 Å². The number of methoxy groups -OCH3 is 1. The lowest BCUT2D eigenvalue weighted by Crippen LogP contribution is -2.19. The van der Waals surface area contributed by atoms with Crippen LogP contribution >= 0.6 is 11.6 Å². The smallest absolute Gasteiger partial charge is 0.325 e. The highest BCUT2D eigenvalue weighted by Gasteiger charge is 2.19. The van der Waals surface area contributed by atoms with Crippen LogP contribution in [-0.2, 0) is 22.6 Å². The quantitative estimate of drug-likeness (QED) is 0.400. The number of esters is 1. The number of ether oxygens (including phenoxy) is 1. The largest absolute Gasteiger partial charge is 0.468 e. The molecular formula is C24H19ClF2N2O3. The van der Waals surface area contributed by atoms with Crippen molar-refractivity contribution in [1.82, 2.24) is 9.13 Å². The lowest BCUT2D eigenvalue weighted by molar-refractivity contribution is -0.141. The molecule has 0 saturated carbocycles. The van der Waals surface area contributed by atoms with Crippen LogP contribution in [0.15, 0.2) is 59.5 Å². The summed E-state index contributed by atoms with van der Waals surface area (Å²) >= 11 is 6.24. The van der Waals surface area contributed by atoms with Crippen LogP contribution in [0.3, 0.4) is 0 Å². The summed E-state index contributed by atoms with van der Waals surface area (Å²) in [6, 6.07) is 11.7. The van der Waals surface area contributed by atoms with Crippen LogP contribution in [-0.4, -0.2) is 22.2 Å². The molecular weight excluding hydrogens is 438 g/mol. The average Bonchev–Trinajstić information content (AvgIpc) is 3.02. The number of halogens is 3. The predicted octanol–water partition coefficient (Wildman–Crippen LogP) is 4.93. The van der Waals surface area contributed by atoms with Crippen LogP contribution in [0.4, 0.5) is 8.78 Å². The van der Waals surface area contributed by atoms with Crippen molar-refractivity contribution in [3.63, 3.8) is 0 Å². The minimum absolute atomic E-state index is 0.0148. The number of pyridine rings is 1. The maximum atomic E-state index is 14.1. The van der Waals surface area contributed by atoms with E-state index in [4.69, 9.17) is 16.3 Å². The minimum Gasteiger partial charge on any atom is -0.468 e. The molecule has 0 bridgehead atoms. The van der Waals surface area contributed by atoms with Crippen molar-refractivity contribution < 1.29 is 18.3 Å². The van der Waals surface area contributed by atoms with Crippen molar-refractivity contribution in [3.05, 3.63) is 93.0 Å². The summed E-state index contributed by atoms with van der Waals surface area (Å²) in [5.41, 5.74) is 2.92. The number of fused-ring (bicyclic) bond motifs is 1. The monoisotopic (exact) mass is 456 g/mol. The summed E-state index contributed by atoms with van der Waals surface area (Å²) in [5, 5.41) is 1.33. The number of benzene rings is 2. The number of carbonyl (C=O) groups is 1. The van der Waals surface area contributed by atoms with Gasteiger partial charge in [-0.1, -0.05) is 17.7 Å². The second-order valence-electron chi connectivity index (χ2n) is 7.40. The van der Waals surface area contributed by atoms with E-state index in [0.29, 0.717) is 10.6 Å². The Morgan fingerprint density at radius 3 is 2.59 bits per heavy atom. The first-order valence-electron chi connectivity index (χ1n) is 9.78. The van der Waals surface area contributed by atoms with E-state index in [9.17, 15) is 18.4 Å². The van der Waals surface area contributed by atoms with Gasteiger partial charge in [0.1, 0.15) is 18.2 Å². The Labute approximate surface area is 187 Å². The Kier molecular flexibility index (Phi) is 5.84. The molecule has 8 heteroatoms. The van der Waals surface area contributed by atoms with Crippen LogP contribution < -0.4 is 5.56 Å². The molecule has 32 heavy (non-hydrogen) atoms. The minimum atomic E-state index is -0.722. The Balaban J connectivity index is 1.86. The fourth-order valence-electron chi connectivity index (χ4n) is 3.85. The number of hydrogen-bond donors (Lipinski definition) is 0. The molecule has 5 nitrogen and oxygen atoms in total. The lowest BCUT2D eigenvalue weighted by atomic mass is 10.0. The molecule has 0 spiro atoms. The van der Waals surface area contributed by atoms with E-state index in [-0.39, 0.29) is 24.2 Å². The summed E-state index contributed by atoms with van der Waals surface area (Å²) in [7, 11) is 1.33. The van der Waals surface area contributed by atoms with Gasteiger partial charge in [-0.2, -0.15) is 0 Å². The molecule has 0 saturated heterocycles. The van der Waals surface area contributed by atoms with Crippen molar-refractivity contribution in [2.75, 3.05) is 7.11 Å². The van der Waals surface area contributed by atoms with Gasteiger partial charge in [0.15, 0.2) is 0 Å². The topological polar surface area (TPSA) is 53.2 Å². The summed E-state index contributed by atoms with van der Waals surface area (Å²) < 4.78 is 35.4. The standard InChI is InChI=1S/C24H19ClF2N2O3/c1-14-24(19-9-17(25)5-7-21(19)29(14)13-23(31)32-2)16-4-8-22(30)28(12-16)11-15-3-6-18(26)10-20(15)27/h3-10,12H,11,13H2,1-2H3. The zero-order valence-corrected chi connectivity index (χ0v) is 18.1. The lowest BCUT2D eigenvalue weighted by Gasteiger charge is -2.11. The number of aromatic nitrogens is 2. The molecule has 0 amide bonds. The normalized spacial score (nSPS) is 11.2. The average molecular weight is 457 g/mol. The van der Waals surface area contributed by atoms with E-state index >= 15 is 0 Å². The van der Waals surface area contributed by atoms with Gasteiger partial charge in [0.25, 0.3) is 5.56 Å². The van der Waals surface area contributed by atoms with Crippen molar-refractivity contribution in [3.8, 4) is 11.1 Å². The third-order valence-electron chi connectivity index (χ3n) is 5.43. The maximum absolute atomic E-state index is 14.1. The Morgan fingerprint density at radius 2 is 1.88 bits per heavy atom. The van der Waals surface area contributed by atoms with E-state index in [1.54, 1.807) is 24.4 Å². The predicted molar refractivity (Wildman–Crippen MR) is 119 cm³/mol. The summed E-state index contributed by atoms with van der Waals surface area (Å²) in [4.78, 5) is 24.4. The Bertz CT molecular complexity index is 1410. The van der Waals surface area contributed by atoms with Gasteiger partial charge in [-0.15, -0.1) is 0 Å². The number of carbonyl (C=O) groups excluding carboxylic acids is 1. The molecule has 0 aliphatic carbocycles. The summed E-state index contributed by atoms with van der Waals surface area (Å²) in [5.74, 6) is -1.80. The van der Waals surface area contributed by atoms with Crippen molar-refractivity contribution in [2.45, 2.75) is 20.0 Å². The molecule has 2 heterocycles. The number of nitrogens with zero attached hydrogens (tertiary/aromatic N) is 2. The Morgan fingerprint density at radius 1 is 1.09 bits per heavy atom. The van der Waals surface area contributed by atoms with Crippen molar-refractivity contribution in [1.29, 1.82) is 0 Å². The molecule has 4 rings (SSSR count). The fourth-order valence-corrected chi connectivity index (χ4v) is 4.02. The van der Waals surface area contributed by atoms with Crippen molar-refractivity contribution in [2.24, 2.45) is 0 Å². The van der Waals surface area contributed by atoms with E-state index in [0.717, 1.165) is 34.3 Å². The van der Waals surface area contributed by atoms with Crippen LogP contribution in [0.2, 0.25) is 5.02 Å². The van der Waals surface area contributed by atoms with Gasteiger partial charge in [-0.05, 0) is 37.3 Å².